The molecule has 8 nitrogen and oxygen atoms in total. The first-order valence-corrected chi connectivity index (χ1v) is 10.1. The van der Waals surface area contributed by atoms with Crippen LogP contribution in [-0.2, 0) is 12.2 Å². The van der Waals surface area contributed by atoms with Crippen molar-refractivity contribution in [1.29, 1.82) is 0 Å². The van der Waals surface area contributed by atoms with Gasteiger partial charge in [0.25, 0.3) is 6.20 Å². The van der Waals surface area contributed by atoms with Gasteiger partial charge in [-0.1, -0.05) is 6.07 Å². The van der Waals surface area contributed by atoms with Crippen molar-refractivity contribution >= 4 is 11.8 Å². The maximum atomic E-state index is 10.8. The second-order valence-corrected chi connectivity index (χ2v) is 7.08. The van der Waals surface area contributed by atoms with E-state index >= 15 is 0 Å². The van der Waals surface area contributed by atoms with Gasteiger partial charge in [0.1, 0.15) is 0 Å². The number of unbranched alkanes of at least 4 members (excludes halogenated alkanes) is 1. The second kappa shape index (κ2) is 11.9. The highest BCUT2D eigenvalue weighted by Crippen LogP contribution is 2.11. The van der Waals surface area contributed by atoms with Crippen LogP contribution in [0.2, 0.25) is 0 Å². The largest absolute Gasteiger partial charge is 0.367 e. The van der Waals surface area contributed by atoms with Gasteiger partial charge in [-0.2, -0.15) is 11.8 Å². The zero-order valence-corrected chi connectivity index (χ0v) is 16.3. The predicted octanol–water partition coefficient (Wildman–Crippen LogP) is 2.62. The molecule has 2 rings (SSSR count). The van der Waals surface area contributed by atoms with E-state index in [9.17, 15) is 10.1 Å². The van der Waals surface area contributed by atoms with Gasteiger partial charge in [0.05, 0.1) is 16.9 Å². The molecule has 0 atom stereocenters. The molecular weight excluding hydrogens is 364 g/mol. The Balaban J connectivity index is 1.61. The molecule has 0 aliphatic carbocycles. The van der Waals surface area contributed by atoms with Crippen molar-refractivity contribution in [2.75, 3.05) is 18.8 Å². The van der Waals surface area contributed by atoms with Crippen molar-refractivity contribution in [3.63, 3.8) is 0 Å². The number of pyridine rings is 1. The lowest BCUT2D eigenvalue weighted by Gasteiger charge is -2.11. The zero-order valence-electron chi connectivity index (χ0n) is 15.5. The molecule has 0 fully saturated rings. The van der Waals surface area contributed by atoms with Gasteiger partial charge in [0.2, 0.25) is 0 Å². The van der Waals surface area contributed by atoms with Crippen LogP contribution in [0.5, 0.6) is 0 Å². The van der Waals surface area contributed by atoms with Crippen LogP contribution in [0.3, 0.4) is 0 Å². The SMILES string of the molecule is Cc1nc[nH]c1CSCCNC(=C[N+](=O)[O-])NCCCCc1ccccn1. The molecule has 2 aromatic rings. The molecule has 0 spiro atoms. The van der Waals surface area contributed by atoms with Gasteiger partial charge in [0, 0.05) is 42.2 Å². The fraction of sp³-hybridized carbons (Fsp3) is 0.444. The first-order valence-electron chi connectivity index (χ1n) is 8.94. The molecule has 146 valence electrons. The number of aromatic amines is 1. The van der Waals surface area contributed by atoms with E-state index in [1.54, 1.807) is 24.3 Å². The first kappa shape index (κ1) is 20.8. The molecule has 0 aliphatic rings. The van der Waals surface area contributed by atoms with E-state index in [4.69, 9.17) is 0 Å². The Kier molecular flexibility index (Phi) is 9.19. The van der Waals surface area contributed by atoms with Gasteiger partial charge < -0.3 is 15.6 Å². The number of rotatable bonds is 13. The van der Waals surface area contributed by atoms with Crippen LogP contribution >= 0.6 is 11.8 Å². The summed E-state index contributed by atoms with van der Waals surface area (Å²) in [6.45, 7) is 3.30. The van der Waals surface area contributed by atoms with Crippen LogP contribution in [0.1, 0.15) is 29.9 Å². The Morgan fingerprint density at radius 3 is 2.85 bits per heavy atom. The van der Waals surface area contributed by atoms with E-state index < -0.39 is 4.92 Å². The summed E-state index contributed by atoms with van der Waals surface area (Å²) in [6.07, 6.45) is 7.28. The lowest BCUT2D eigenvalue weighted by Crippen LogP contribution is -2.29. The van der Waals surface area contributed by atoms with Crippen molar-refractivity contribution in [1.82, 2.24) is 25.6 Å². The molecule has 9 heteroatoms. The average Bonchev–Trinajstić information content (AvgIpc) is 3.06. The van der Waals surface area contributed by atoms with E-state index in [2.05, 4.69) is 25.6 Å². The van der Waals surface area contributed by atoms with Gasteiger partial charge in [-0.15, -0.1) is 0 Å². The fourth-order valence-corrected chi connectivity index (χ4v) is 3.31. The Hall–Kier alpha value is -2.55. The minimum Gasteiger partial charge on any atom is -0.367 e. The quantitative estimate of drug-likeness (QED) is 0.274. The third-order valence-corrected chi connectivity index (χ3v) is 4.86. The summed E-state index contributed by atoms with van der Waals surface area (Å²) in [6, 6.07) is 5.89. The third-order valence-electron chi connectivity index (χ3n) is 3.88. The van der Waals surface area contributed by atoms with Crippen LogP contribution < -0.4 is 10.6 Å². The Morgan fingerprint density at radius 1 is 1.30 bits per heavy atom. The predicted molar refractivity (Wildman–Crippen MR) is 108 cm³/mol. The van der Waals surface area contributed by atoms with Gasteiger partial charge in [-0.05, 0) is 38.3 Å². The smallest absolute Gasteiger partial charge is 0.274 e. The lowest BCUT2D eigenvalue weighted by atomic mass is 10.2. The van der Waals surface area contributed by atoms with Crippen LogP contribution in [-0.4, -0.2) is 38.7 Å². The van der Waals surface area contributed by atoms with E-state index in [1.807, 2.05) is 25.1 Å². The molecule has 27 heavy (non-hydrogen) atoms. The molecule has 2 aromatic heterocycles. The van der Waals surface area contributed by atoms with Crippen molar-refractivity contribution < 1.29 is 4.92 Å². The number of aryl methyl sites for hydroxylation is 2. The zero-order chi connectivity index (χ0) is 19.3. The second-order valence-electron chi connectivity index (χ2n) is 5.98. The summed E-state index contributed by atoms with van der Waals surface area (Å²) in [5.41, 5.74) is 3.20. The average molecular weight is 391 g/mol. The number of imidazole rings is 1. The lowest BCUT2D eigenvalue weighted by molar-refractivity contribution is -0.404. The van der Waals surface area contributed by atoms with Gasteiger partial charge in [-0.3, -0.25) is 15.1 Å². The van der Waals surface area contributed by atoms with E-state index in [0.29, 0.717) is 18.9 Å². The molecule has 0 saturated heterocycles. The maximum absolute atomic E-state index is 10.8. The third kappa shape index (κ3) is 8.59. The number of thioether (sulfide) groups is 1. The van der Waals surface area contributed by atoms with Crippen LogP contribution in [0.4, 0.5) is 0 Å². The number of hydrogen-bond acceptors (Lipinski definition) is 7. The van der Waals surface area contributed by atoms with Crippen molar-refractivity contribution in [2.24, 2.45) is 0 Å². The Labute approximate surface area is 163 Å². The molecule has 0 unspecified atom stereocenters. The number of hydrogen-bond donors (Lipinski definition) is 3. The van der Waals surface area contributed by atoms with E-state index in [1.165, 1.54) is 0 Å². The van der Waals surface area contributed by atoms with Crippen molar-refractivity contribution in [3.8, 4) is 0 Å². The molecular formula is C18H26N6O2S. The van der Waals surface area contributed by atoms with Gasteiger partial charge in [0.15, 0.2) is 5.82 Å². The molecule has 0 saturated carbocycles. The van der Waals surface area contributed by atoms with Gasteiger partial charge in [-0.25, -0.2) is 4.98 Å². The Morgan fingerprint density at radius 2 is 2.15 bits per heavy atom. The highest BCUT2D eigenvalue weighted by atomic mass is 32.2. The minimum atomic E-state index is -0.440. The summed E-state index contributed by atoms with van der Waals surface area (Å²) in [7, 11) is 0. The molecule has 0 radical (unpaired) electrons. The summed E-state index contributed by atoms with van der Waals surface area (Å²) in [5, 5.41) is 17.0. The minimum absolute atomic E-state index is 0.440. The maximum Gasteiger partial charge on any atom is 0.274 e. The number of H-pyrrole nitrogens is 1. The molecule has 2 heterocycles. The van der Waals surface area contributed by atoms with Gasteiger partial charge >= 0.3 is 0 Å². The fourth-order valence-electron chi connectivity index (χ4n) is 2.43. The van der Waals surface area contributed by atoms with Crippen LogP contribution in [0.15, 0.2) is 42.7 Å². The van der Waals surface area contributed by atoms with Crippen molar-refractivity contribution in [3.05, 3.63) is 69.9 Å². The molecule has 0 aromatic carbocycles. The number of nitrogens with one attached hydrogen (secondary N) is 3. The highest BCUT2D eigenvalue weighted by molar-refractivity contribution is 7.98. The van der Waals surface area contributed by atoms with E-state index in [-0.39, 0.29) is 0 Å². The monoisotopic (exact) mass is 390 g/mol. The Bertz CT molecular complexity index is 720. The normalized spacial score (nSPS) is 11.4. The summed E-state index contributed by atoms with van der Waals surface area (Å²) >= 11 is 1.75. The van der Waals surface area contributed by atoms with Crippen LogP contribution in [0.25, 0.3) is 0 Å². The summed E-state index contributed by atoms with van der Waals surface area (Å²) in [5.74, 6) is 2.15. The molecule has 3 N–H and O–H groups in total. The number of nitro groups is 1. The number of aromatic nitrogens is 3. The molecule has 0 amide bonds. The highest BCUT2D eigenvalue weighted by Gasteiger charge is 2.04. The number of nitrogens with zero attached hydrogens (tertiary/aromatic N) is 3. The molecule has 0 bridgehead atoms. The van der Waals surface area contributed by atoms with Crippen molar-refractivity contribution in [2.45, 2.75) is 31.9 Å². The standard InChI is InChI=1S/C18H26N6O2S/c1-15-17(23-14-22-15)13-27-11-10-21-18(12-24(25)26)20-9-5-3-7-16-6-2-4-8-19-16/h2,4,6,8,12,14,20-21H,3,5,7,9-11,13H2,1H3,(H,22,23). The molecule has 0 aliphatic heterocycles. The first-order chi connectivity index (χ1) is 13.1. The summed E-state index contributed by atoms with van der Waals surface area (Å²) < 4.78 is 0. The van der Waals surface area contributed by atoms with E-state index in [0.717, 1.165) is 54.0 Å². The summed E-state index contributed by atoms with van der Waals surface area (Å²) in [4.78, 5) is 21.9. The van der Waals surface area contributed by atoms with Crippen LogP contribution in [0, 0.1) is 17.0 Å². The topological polar surface area (TPSA) is 109 Å².